The highest BCUT2D eigenvalue weighted by atomic mass is 19.1. The summed E-state index contributed by atoms with van der Waals surface area (Å²) >= 11 is 0. The second-order valence-corrected chi connectivity index (χ2v) is 5.64. The number of hydrogen-bond donors (Lipinski definition) is 1. The van der Waals surface area contributed by atoms with Gasteiger partial charge in [-0.25, -0.2) is 8.78 Å². The standard InChI is InChI=1S/C20H17F2NO3/c21-15-3-1-14(2-4-15)11-12-23-20(24)19-10-9-18(26-19)13-25-17-7-5-16(22)6-8-17/h1-10H,11-13H2,(H,23,24). The maximum atomic E-state index is 12.8. The molecule has 0 fully saturated rings. The van der Waals surface area contributed by atoms with Crippen molar-refractivity contribution in [1.82, 2.24) is 5.32 Å². The predicted molar refractivity (Wildman–Crippen MR) is 91.9 cm³/mol. The summed E-state index contributed by atoms with van der Waals surface area (Å²) < 4.78 is 36.6. The van der Waals surface area contributed by atoms with Crippen molar-refractivity contribution < 1.29 is 22.7 Å². The van der Waals surface area contributed by atoms with Crippen molar-refractivity contribution >= 4 is 5.91 Å². The van der Waals surface area contributed by atoms with E-state index in [1.807, 2.05) is 0 Å². The van der Waals surface area contributed by atoms with E-state index in [1.165, 1.54) is 36.4 Å². The number of carbonyl (C=O) groups is 1. The van der Waals surface area contributed by atoms with Crippen LogP contribution in [0.3, 0.4) is 0 Å². The Kier molecular flexibility index (Phi) is 5.63. The summed E-state index contributed by atoms with van der Waals surface area (Å²) in [5.41, 5.74) is 0.930. The van der Waals surface area contributed by atoms with E-state index in [4.69, 9.17) is 9.15 Å². The molecule has 1 amide bonds. The molecule has 3 rings (SSSR count). The number of benzene rings is 2. The summed E-state index contributed by atoms with van der Waals surface area (Å²) in [5.74, 6) is 0.215. The fourth-order valence-electron chi connectivity index (χ4n) is 2.32. The average molecular weight is 357 g/mol. The fourth-order valence-corrected chi connectivity index (χ4v) is 2.32. The van der Waals surface area contributed by atoms with Crippen LogP contribution in [0.25, 0.3) is 0 Å². The molecule has 4 nitrogen and oxygen atoms in total. The van der Waals surface area contributed by atoms with Crippen LogP contribution in [-0.4, -0.2) is 12.5 Å². The second kappa shape index (κ2) is 8.29. The maximum Gasteiger partial charge on any atom is 0.287 e. The normalized spacial score (nSPS) is 10.5. The molecule has 0 bridgehead atoms. The largest absolute Gasteiger partial charge is 0.486 e. The van der Waals surface area contributed by atoms with Gasteiger partial charge in [-0.15, -0.1) is 0 Å². The summed E-state index contributed by atoms with van der Waals surface area (Å²) in [7, 11) is 0. The predicted octanol–water partition coefficient (Wildman–Crippen LogP) is 4.11. The highest BCUT2D eigenvalue weighted by molar-refractivity contribution is 5.91. The lowest BCUT2D eigenvalue weighted by molar-refractivity contribution is 0.0922. The molecular formula is C20H17F2NO3. The van der Waals surface area contributed by atoms with Gasteiger partial charge in [0.05, 0.1) is 0 Å². The summed E-state index contributed by atoms with van der Waals surface area (Å²) in [6.07, 6.45) is 0.591. The number of carbonyl (C=O) groups excluding carboxylic acids is 1. The van der Waals surface area contributed by atoms with Crippen molar-refractivity contribution in [3.05, 3.63) is 89.4 Å². The van der Waals surface area contributed by atoms with E-state index in [9.17, 15) is 13.6 Å². The smallest absolute Gasteiger partial charge is 0.287 e. The van der Waals surface area contributed by atoms with Crippen LogP contribution in [0.5, 0.6) is 5.75 Å². The molecule has 0 aliphatic heterocycles. The lowest BCUT2D eigenvalue weighted by atomic mass is 10.1. The van der Waals surface area contributed by atoms with Crippen LogP contribution in [-0.2, 0) is 13.0 Å². The van der Waals surface area contributed by atoms with Crippen molar-refractivity contribution in [2.75, 3.05) is 6.54 Å². The first-order chi connectivity index (χ1) is 12.6. The molecule has 0 aliphatic carbocycles. The molecule has 0 saturated heterocycles. The Labute approximate surface area is 149 Å². The molecule has 1 heterocycles. The summed E-state index contributed by atoms with van der Waals surface area (Å²) in [6, 6.07) is 15.0. The van der Waals surface area contributed by atoms with E-state index in [1.54, 1.807) is 24.3 Å². The average Bonchev–Trinajstić information content (AvgIpc) is 3.12. The first-order valence-corrected chi connectivity index (χ1v) is 8.10. The Bertz CT molecular complexity index is 858. The molecule has 0 aliphatic rings. The Hall–Kier alpha value is -3.15. The van der Waals surface area contributed by atoms with Crippen LogP contribution in [0.2, 0.25) is 0 Å². The molecule has 1 N–H and O–H groups in total. The zero-order chi connectivity index (χ0) is 18.4. The molecule has 2 aromatic carbocycles. The third-order valence-electron chi connectivity index (χ3n) is 3.69. The molecule has 0 radical (unpaired) electrons. The van der Waals surface area contributed by atoms with Crippen molar-refractivity contribution in [2.24, 2.45) is 0 Å². The topological polar surface area (TPSA) is 51.5 Å². The quantitative estimate of drug-likeness (QED) is 0.692. The molecule has 0 unspecified atom stereocenters. The van der Waals surface area contributed by atoms with Gasteiger partial charge in [-0.2, -0.15) is 0 Å². The van der Waals surface area contributed by atoms with Gasteiger partial charge >= 0.3 is 0 Å². The number of nitrogens with one attached hydrogen (secondary N) is 1. The molecule has 1 aromatic heterocycles. The first kappa shape index (κ1) is 17.7. The van der Waals surface area contributed by atoms with Gasteiger partial charge in [-0.05, 0) is 60.5 Å². The van der Waals surface area contributed by atoms with Gasteiger partial charge in [0.1, 0.15) is 29.8 Å². The number of amides is 1. The molecule has 0 spiro atoms. The molecule has 26 heavy (non-hydrogen) atoms. The molecular weight excluding hydrogens is 340 g/mol. The van der Waals surface area contributed by atoms with Crippen LogP contribution >= 0.6 is 0 Å². The van der Waals surface area contributed by atoms with E-state index >= 15 is 0 Å². The van der Waals surface area contributed by atoms with Crippen molar-refractivity contribution in [1.29, 1.82) is 0 Å². The van der Waals surface area contributed by atoms with Crippen LogP contribution in [0.1, 0.15) is 21.9 Å². The molecule has 0 saturated carbocycles. The maximum absolute atomic E-state index is 12.8. The monoisotopic (exact) mass is 357 g/mol. The SMILES string of the molecule is O=C(NCCc1ccc(F)cc1)c1ccc(COc2ccc(F)cc2)o1. The molecule has 134 valence electrons. The lowest BCUT2D eigenvalue weighted by Crippen LogP contribution is -2.25. The summed E-state index contributed by atoms with van der Waals surface area (Å²) in [4.78, 5) is 12.1. The molecule has 0 atom stereocenters. The Balaban J connectivity index is 1.46. The zero-order valence-corrected chi connectivity index (χ0v) is 13.9. The van der Waals surface area contributed by atoms with Gasteiger partial charge in [0.2, 0.25) is 0 Å². The highest BCUT2D eigenvalue weighted by Gasteiger charge is 2.11. The van der Waals surface area contributed by atoms with Gasteiger partial charge in [-0.1, -0.05) is 12.1 Å². The number of hydrogen-bond acceptors (Lipinski definition) is 3. The highest BCUT2D eigenvalue weighted by Crippen LogP contribution is 2.15. The molecule has 3 aromatic rings. The van der Waals surface area contributed by atoms with Gasteiger partial charge in [0.15, 0.2) is 5.76 Å². The third-order valence-corrected chi connectivity index (χ3v) is 3.69. The van der Waals surface area contributed by atoms with E-state index in [2.05, 4.69) is 5.32 Å². The fraction of sp³-hybridized carbons (Fsp3) is 0.150. The third kappa shape index (κ3) is 4.92. The summed E-state index contributed by atoms with van der Waals surface area (Å²) in [5, 5.41) is 2.75. The van der Waals surface area contributed by atoms with Crippen LogP contribution in [0.4, 0.5) is 8.78 Å². The minimum Gasteiger partial charge on any atom is -0.486 e. The van der Waals surface area contributed by atoms with Gasteiger partial charge in [0, 0.05) is 6.54 Å². The zero-order valence-electron chi connectivity index (χ0n) is 13.9. The Morgan fingerprint density at radius 3 is 2.27 bits per heavy atom. The number of rotatable bonds is 7. The second-order valence-electron chi connectivity index (χ2n) is 5.64. The van der Waals surface area contributed by atoms with Crippen molar-refractivity contribution in [2.45, 2.75) is 13.0 Å². The minimum atomic E-state index is -0.338. The number of ether oxygens (including phenoxy) is 1. The molecule has 6 heteroatoms. The van der Waals surface area contributed by atoms with Crippen LogP contribution in [0.15, 0.2) is 65.1 Å². The Morgan fingerprint density at radius 1 is 0.923 bits per heavy atom. The van der Waals surface area contributed by atoms with E-state index in [0.29, 0.717) is 24.5 Å². The van der Waals surface area contributed by atoms with Gasteiger partial charge < -0.3 is 14.5 Å². The van der Waals surface area contributed by atoms with E-state index in [-0.39, 0.29) is 29.9 Å². The lowest BCUT2D eigenvalue weighted by Gasteiger charge is -2.05. The number of furan rings is 1. The Morgan fingerprint density at radius 2 is 1.58 bits per heavy atom. The van der Waals surface area contributed by atoms with Crippen LogP contribution < -0.4 is 10.1 Å². The van der Waals surface area contributed by atoms with E-state index < -0.39 is 0 Å². The van der Waals surface area contributed by atoms with Gasteiger partial charge in [-0.3, -0.25) is 4.79 Å². The minimum absolute atomic E-state index is 0.133. The van der Waals surface area contributed by atoms with E-state index in [0.717, 1.165) is 5.56 Å². The van der Waals surface area contributed by atoms with Crippen molar-refractivity contribution in [3.63, 3.8) is 0 Å². The van der Waals surface area contributed by atoms with Crippen LogP contribution in [0, 0.1) is 11.6 Å². The van der Waals surface area contributed by atoms with Crippen molar-refractivity contribution in [3.8, 4) is 5.75 Å². The summed E-state index contributed by atoms with van der Waals surface area (Å²) in [6.45, 7) is 0.543. The number of halogens is 2. The van der Waals surface area contributed by atoms with Gasteiger partial charge in [0.25, 0.3) is 5.91 Å². The first-order valence-electron chi connectivity index (χ1n) is 8.10.